The highest BCUT2D eigenvalue weighted by atomic mass is 16.6. The van der Waals surface area contributed by atoms with E-state index in [0.717, 1.165) is 0 Å². The van der Waals surface area contributed by atoms with Gasteiger partial charge in [0.05, 0.1) is 12.0 Å². The zero-order valence-electron chi connectivity index (χ0n) is 10.5. The third kappa shape index (κ3) is 2.16. The number of carbonyl (C=O) groups is 1. The summed E-state index contributed by atoms with van der Waals surface area (Å²) < 4.78 is 12.6. The number of aryl methyl sites for hydroxylation is 1. The molecule has 6 heteroatoms. The molecule has 0 radical (unpaired) electrons. The van der Waals surface area contributed by atoms with E-state index in [1.807, 2.05) is 0 Å². The van der Waals surface area contributed by atoms with Gasteiger partial charge in [-0.25, -0.2) is 4.98 Å². The zero-order chi connectivity index (χ0) is 13.2. The first-order valence-corrected chi connectivity index (χ1v) is 6.00. The Hall–Kier alpha value is -2.37. The van der Waals surface area contributed by atoms with Crippen LogP contribution in [-0.4, -0.2) is 33.8 Å². The van der Waals surface area contributed by atoms with Gasteiger partial charge in [0.25, 0.3) is 0 Å². The first kappa shape index (κ1) is 11.7. The predicted octanol–water partition coefficient (Wildman–Crippen LogP) is 1.01. The molecule has 0 amide bonds. The fourth-order valence-corrected chi connectivity index (χ4v) is 2.01. The first-order chi connectivity index (χ1) is 9.25. The molecule has 0 N–H and O–H groups in total. The molecule has 6 nitrogen and oxygen atoms in total. The number of ketones is 1. The molecular weight excluding hydrogens is 246 g/mol. The van der Waals surface area contributed by atoms with Gasteiger partial charge < -0.3 is 9.47 Å². The summed E-state index contributed by atoms with van der Waals surface area (Å²) in [5, 5.41) is 3.95. The van der Waals surface area contributed by atoms with E-state index in [-0.39, 0.29) is 12.2 Å². The predicted molar refractivity (Wildman–Crippen MR) is 66.5 cm³/mol. The van der Waals surface area contributed by atoms with Gasteiger partial charge in [0.15, 0.2) is 17.3 Å². The molecule has 1 aromatic carbocycles. The molecule has 1 aliphatic rings. The van der Waals surface area contributed by atoms with E-state index in [0.29, 0.717) is 36.1 Å². The molecule has 2 heterocycles. The molecule has 2 aromatic rings. The summed E-state index contributed by atoms with van der Waals surface area (Å²) in [5.41, 5.74) is 0.528. The number of fused-ring (bicyclic) bond motifs is 1. The molecule has 0 bridgehead atoms. The Balaban J connectivity index is 1.90. The fraction of sp³-hybridized carbons (Fsp3) is 0.308. The maximum absolute atomic E-state index is 12.3. The van der Waals surface area contributed by atoms with Gasteiger partial charge in [-0.1, -0.05) is 6.07 Å². The smallest absolute Gasteiger partial charge is 0.174 e. The van der Waals surface area contributed by atoms with Crippen molar-refractivity contribution in [3.8, 4) is 11.5 Å². The van der Waals surface area contributed by atoms with Gasteiger partial charge in [-0.3, -0.25) is 9.48 Å². The van der Waals surface area contributed by atoms with Crippen molar-refractivity contribution in [2.75, 3.05) is 13.2 Å². The summed E-state index contributed by atoms with van der Waals surface area (Å²) in [6, 6.07) is 5.33. The maximum Gasteiger partial charge on any atom is 0.174 e. The van der Waals surface area contributed by atoms with E-state index in [2.05, 4.69) is 10.1 Å². The Morgan fingerprint density at radius 1 is 1.37 bits per heavy atom. The highest BCUT2D eigenvalue weighted by Gasteiger charge is 2.21. The molecule has 0 aliphatic carbocycles. The number of aromatic nitrogens is 3. The highest BCUT2D eigenvalue weighted by Crippen LogP contribution is 2.34. The Morgan fingerprint density at radius 3 is 3.00 bits per heavy atom. The topological polar surface area (TPSA) is 66.2 Å². The number of rotatable bonds is 3. The summed E-state index contributed by atoms with van der Waals surface area (Å²) in [6.45, 7) is 0.967. The first-order valence-electron chi connectivity index (χ1n) is 6.00. The third-order valence-electron chi connectivity index (χ3n) is 2.99. The molecule has 0 saturated heterocycles. The lowest BCUT2D eigenvalue weighted by Crippen LogP contribution is -2.18. The number of carbonyl (C=O) groups excluding carboxylic acids is 1. The molecule has 0 spiro atoms. The molecule has 1 aromatic heterocycles. The molecule has 1 aliphatic heterocycles. The standard InChI is InChI=1S/C13H13N3O3/c1-16-12(14-8-15-16)7-10(17)9-3-2-4-11-13(9)19-6-5-18-11/h2-4,8H,5-7H2,1H3. The normalized spacial score (nSPS) is 13.3. The van der Waals surface area contributed by atoms with Crippen molar-refractivity contribution in [1.29, 1.82) is 0 Å². The number of ether oxygens (including phenoxy) is 2. The van der Waals surface area contributed by atoms with E-state index in [4.69, 9.17) is 9.47 Å². The average molecular weight is 259 g/mol. The van der Waals surface area contributed by atoms with Crippen LogP contribution in [0.4, 0.5) is 0 Å². The maximum atomic E-state index is 12.3. The summed E-state index contributed by atoms with van der Waals surface area (Å²) in [5.74, 6) is 1.72. The Morgan fingerprint density at radius 2 is 2.21 bits per heavy atom. The van der Waals surface area contributed by atoms with Crippen LogP contribution in [0.15, 0.2) is 24.5 Å². The van der Waals surface area contributed by atoms with E-state index >= 15 is 0 Å². The SMILES string of the molecule is Cn1ncnc1CC(=O)c1cccc2c1OCCO2. The number of hydrogen-bond acceptors (Lipinski definition) is 5. The summed E-state index contributed by atoms with van der Waals surface area (Å²) in [6.07, 6.45) is 1.62. The molecule has 0 fully saturated rings. The van der Waals surface area contributed by atoms with E-state index in [1.54, 1.807) is 29.9 Å². The highest BCUT2D eigenvalue weighted by molar-refractivity contribution is 6.00. The van der Waals surface area contributed by atoms with Gasteiger partial charge >= 0.3 is 0 Å². The molecule has 3 rings (SSSR count). The Kier molecular flexibility index (Phi) is 2.91. The van der Waals surface area contributed by atoms with Gasteiger partial charge in [-0.2, -0.15) is 5.10 Å². The second-order valence-electron chi connectivity index (χ2n) is 4.23. The van der Waals surface area contributed by atoms with Crippen molar-refractivity contribution in [3.63, 3.8) is 0 Å². The van der Waals surface area contributed by atoms with Crippen molar-refractivity contribution in [1.82, 2.24) is 14.8 Å². The van der Waals surface area contributed by atoms with Crippen molar-refractivity contribution in [2.45, 2.75) is 6.42 Å². The van der Waals surface area contributed by atoms with E-state index < -0.39 is 0 Å². The van der Waals surface area contributed by atoms with Crippen LogP contribution in [0.1, 0.15) is 16.2 Å². The van der Waals surface area contributed by atoms with Crippen LogP contribution in [0.25, 0.3) is 0 Å². The van der Waals surface area contributed by atoms with Crippen LogP contribution in [0.2, 0.25) is 0 Å². The van der Waals surface area contributed by atoms with Crippen LogP contribution < -0.4 is 9.47 Å². The molecule has 98 valence electrons. The fourth-order valence-electron chi connectivity index (χ4n) is 2.01. The van der Waals surface area contributed by atoms with Gasteiger partial charge in [-0.05, 0) is 12.1 Å². The lowest BCUT2D eigenvalue weighted by Gasteiger charge is -2.20. The number of nitrogens with zero attached hydrogens (tertiary/aromatic N) is 3. The Bertz CT molecular complexity index is 621. The van der Waals surface area contributed by atoms with Gasteiger partial charge in [-0.15, -0.1) is 0 Å². The number of Topliss-reactive ketones (excluding diaryl/α,β-unsaturated/α-hetero) is 1. The van der Waals surface area contributed by atoms with Crippen LogP contribution in [0.5, 0.6) is 11.5 Å². The molecule has 0 unspecified atom stereocenters. The summed E-state index contributed by atoms with van der Waals surface area (Å²) in [7, 11) is 1.76. The van der Waals surface area contributed by atoms with Crippen LogP contribution in [0, 0.1) is 0 Å². The average Bonchev–Trinajstić information content (AvgIpc) is 2.83. The molecular formula is C13H13N3O3. The van der Waals surface area contributed by atoms with Crippen LogP contribution in [0.3, 0.4) is 0 Å². The van der Waals surface area contributed by atoms with Gasteiger partial charge in [0, 0.05) is 7.05 Å². The largest absolute Gasteiger partial charge is 0.486 e. The van der Waals surface area contributed by atoms with Crippen molar-refractivity contribution in [2.24, 2.45) is 7.05 Å². The second-order valence-corrected chi connectivity index (χ2v) is 4.23. The van der Waals surface area contributed by atoms with Crippen LogP contribution >= 0.6 is 0 Å². The monoisotopic (exact) mass is 259 g/mol. The second kappa shape index (κ2) is 4.72. The molecule has 0 saturated carbocycles. The van der Waals surface area contributed by atoms with Crippen molar-refractivity contribution < 1.29 is 14.3 Å². The number of para-hydroxylation sites is 1. The summed E-state index contributed by atoms with van der Waals surface area (Å²) >= 11 is 0. The lowest BCUT2D eigenvalue weighted by molar-refractivity contribution is 0.0978. The number of hydrogen-bond donors (Lipinski definition) is 0. The molecule has 0 atom stereocenters. The minimum absolute atomic E-state index is 0.0570. The van der Waals surface area contributed by atoms with Gasteiger partial charge in [0.1, 0.15) is 25.4 Å². The quantitative estimate of drug-likeness (QED) is 0.770. The molecule has 19 heavy (non-hydrogen) atoms. The van der Waals surface area contributed by atoms with E-state index in [9.17, 15) is 4.79 Å². The Labute approximate surface area is 110 Å². The van der Waals surface area contributed by atoms with Crippen molar-refractivity contribution >= 4 is 5.78 Å². The lowest BCUT2D eigenvalue weighted by atomic mass is 10.1. The van der Waals surface area contributed by atoms with Gasteiger partial charge in [0.2, 0.25) is 0 Å². The van der Waals surface area contributed by atoms with Crippen LogP contribution in [-0.2, 0) is 13.5 Å². The number of benzene rings is 1. The zero-order valence-corrected chi connectivity index (χ0v) is 10.5. The minimum Gasteiger partial charge on any atom is -0.486 e. The minimum atomic E-state index is -0.0570. The van der Waals surface area contributed by atoms with E-state index in [1.165, 1.54) is 6.33 Å². The third-order valence-corrected chi connectivity index (χ3v) is 2.99. The summed E-state index contributed by atoms with van der Waals surface area (Å²) in [4.78, 5) is 16.4. The van der Waals surface area contributed by atoms with Crippen molar-refractivity contribution in [3.05, 3.63) is 35.9 Å².